The highest BCUT2D eigenvalue weighted by Gasteiger charge is 2.04. The van der Waals surface area contributed by atoms with Crippen LogP contribution in [-0.4, -0.2) is 24.6 Å². The van der Waals surface area contributed by atoms with Gasteiger partial charge in [-0.3, -0.25) is 0 Å². The number of nitrogens with one attached hydrogen (secondary N) is 1. The van der Waals surface area contributed by atoms with Gasteiger partial charge in [0.25, 0.3) is 0 Å². The van der Waals surface area contributed by atoms with Crippen LogP contribution < -0.4 is 5.32 Å². The van der Waals surface area contributed by atoms with Crippen LogP contribution in [0.2, 0.25) is 0 Å². The van der Waals surface area contributed by atoms with Crippen LogP contribution in [0.4, 0.5) is 0 Å². The topological polar surface area (TPSA) is 12.0 Å². The van der Waals surface area contributed by atoms with Crippen molar-refractivity contribution < 1.29 is 0 Å². The fourth-order valence-electron chi connectivity index (χ4n) is 0.916. The largest absolute Gasteiger partial charge is 0.315 e. The van der Waals surface area contributed by atoms with Gasteiger partial charge in [-0.25, -0.2) is 0 Å². The van der Waals surface area contributed by atoms with Gasteiger partial charge in [-0.2, -0.15) is 11.8 Å². The van der Waals surface area contributed by atoms with Crippen molar-refractivity contribution in [3.05, 3.63) is 0 Å². The van der Waals surface area contributed by atoms with E-state index in [4.69, 9.17) is 0 Å². The lowest BCUT2D eigenvalue weighted by atomic mass is 10.2. The molecule has 0 radical (unpaired) electrons. The molecule has 0 aromatic heterocycles. The van der Waals surface area contributed by atoms with Gasteiger partial charge in [0.05, 0.1) is 0 Å². The summed E-state index contributed by atoms with van der Waals surface area (Å²) in [6.07, 6.45) is 0.970. The predicted molar refractivity (Wildman–Crippen MR) is 63.1 cm³/mol. The van der Waals surface area contributed by atoms with Gasteiger partial charge in [-0.1, -0.05) is 13.8 Å². The van der Waals surface area contributed by atoms with Crippen molar-refractivity contribution >= 4 is 11.8 Å². The normalized spacial score (nSPS) is 12.4. The third kappa shape index (κ3) is 8.21. The lowest BCUT2D eigenvalue weighted by molar-refractivity contribution is 0.635. The molecule has 0 aromatic carbocycles. The quantitative estimate of drug-likeness (QED) is 0.659. The molecule has 0 aliphatic heterocycles. The molecule has 0 spiro atoms. The maximum atomic E-state index is 3.29. The van der Waals surface area contributed by atoms with Gasteiger partial charge in [0.1, 0.15) is 0 Å². The standard InChI is InChI=1S/C11H21NS/c1-5-6-7-11(12-4)9-13-8-10(2)3/h10-12H,7-9H2,1-4H3. The van der Waals surface area contributed by atoms with Crippen LogP contribution in [-0.2, 0) is 0 Å². The smallest absolute Gasteiger partial charge is 0.0264 e. The third-order valence-electron chi connectivity index (χ3n) is 1.70. The first-order chi connectivity index (χ1) is 6.20. The van der Waals surface area contributed by atoms with Gasteiger partial charge >= 0.3 is 0 Å². The predicted octanol–water partition coefficient (Wildman–Crippen LogP) is 2.38. The van der Waals surface area contributed by atoms with Gasteiger partial charge in [0, 0.05) is 18.2 Å². The number of rotatable bonds is 6. The highest BCUT2D eigenvalue weighted by molar-refractivity contribution is 7.99. The molecule has 0 aromatic rings. The van der Waals surface area contributed by atoms with E-state index < -0.39 is 0 Å². The summed E-state index contributed by atoms with van der Waals surface area (Å²) in [7, 11) is 2.01. The van der Waals surface area contributed by atoms with E-state index in [2.05, 4.69) is 31.0 Å². The van der Waals surface area contributed by atoms with Crippen LogP contribution in [0.1, 0.15) is 27.2 Å². The Morgan fingerprint density at radius 2 is 2.00 bits per heavy atom. The van der Waals surface area contributed by atoms with Gasteiger partial charge in [0.15, 0.2) is 0 Å². The molecule has 1 N–H and O–H groups in total. The van der Waals surface area contributed by atoms with Crippen molar-refractivity contribution in [3.8, 4) is 11.8 Å². The van der Waals surface area contributed by atoms with Crippen molar-refractivity contribution in [1.29, 1.82) is 0 Å². The fraction of sp³-hybridized carbons (Fsp3) is 0.818. The Kier molecular flexibility index (Phi) is 8.38. The lowest BCUT2D eigenvalue weighted by Crippen LogP contribution is -2.27. The second-order valence-corrected chi connectivity index (χ2v) is 4.62. The Morgan fingerprint density at radius 3 is 2.46 bits per heavy atom. The van der Waals surface area contributed by atoms with E-state index >= 15 is 0 Å². The zero-order chi connectivity index (χ0) is 10.1. The molecule has 0 saturated carbocycles. The van der Waals surface area contributed by atoms with Crippen LogP contribution in [0, 0.1) is 17.8 Å². The highest BCUT2D eigenvalue weighted by atomic mass is 32.2. The number of hydrogen-bond donors (Lipinski definition) is 1. The molecule has 0 aliphatic carbocycles. The average molecular weight is 199 g/mol. The fourth-order valence-corrected chi connectivity index (χ4v) is 2.09. The summed E-state index contributed by atoms with van der Waals surface area (Å²) in [5.74, 6) is 9.25. The summed E-state index contributed by atoms with van der Waals surface area (Å²) in [6, 6.07) is 0.552. The van der Waals surface area contributed by atoms with E-state index in [9.17, 15) is 0 Å². The molecule has 0 aliphatic rings. The maximum Gasteiger partial charge on any atom is 0.0264 e. The Bertz CT molecular complexity index is 167. The van der Waals surface area contributed by atoms with E-state index in [0.717, 1.165) is 12.3 Å². The molecular weight excluding hydrogens is 178 g/mol. The van der Waals surface area contributed by atoms with Gasteiger partial charge in [-0.15, -0.1) is 11.8 Å². The minimum absolute atomic E-state index is 0.552. The van der Waals surface area contributed by atoms with Crippen LogP contribution in [0.5, 0.6) is 0 Å². The maximum absolute atomic E-state index is 3.29. The van der Waals surface area contributed by atoms with E-state index in [0.29, 0.717) is 6.04 Å². The molecule has 13 heavy (non-hydrogen) atoms. The Balaban J connectivity index is 3.51. The Hall–Kier alpha value is -0.130. The van der Waals surface area contributed by atoms with E-state index in [-0.39, 0.29) is 0 Å². The van der Waals surface area contributed by atoms with Gasteiger partial charge in [-0.05, 0) is 25.6 Å². The van der Waals surface area contributed by atoms with E-state index in [1.165, 1.54) is 11.5 Å². The Labute approximate surface area is 87.1 Å². The molecule has 0 heterocycles. The van der Waals surface area contributed by atoms with Gasteiger partial charge < -0.3 is 5.32 Å². The zero-order valence-electron chi connectivity index (χ0n) is 9.18. The molecular formula is C11H21NS. The molecule has 0 bridgehead atoms. The van der Waals surface area contributed by atoms with Crippen LogP contribution in [0.3, 0.4) is 0 Å². The summed E-state index contributed by atoms with van der Waals surface area (Å²) in [4.78, 5) is 0. The second-order valence-electron chi connectivity index (χ2n) is 3.55. The minimum Gasteiger partial charge on any atom is -0.315 e. The first-order valence-corrected chi connectivity index (χ1v) is 6.00. The summed E-state index contributed by atoms with van der Waals surface area (Å²) < 4.78 is 0. The highest BCUT2D eigenvalue weighted by Crippen LogP contribution is 2.09. The van der Waals surface area contributed by atoms with Crippen molar-refractivity contribution in [1.82, 2.24) is 5.32 Å². The summed E-state index contributed by atoms with van der Waals surface area (Å²) in [5, 5.41) is 3.29. The molecule has 0 fully saturated rings. The molecule has 2 heteroatoms. The molecule has 0 amide bonds. The summed E-state index contributed by atoms with van der Waals surface area (Å²) in [5.41, 5.74) is 0. The van der Waals surface area contributed by atoms with Crippen LogP contribution >= 0.6 is 11.8 Å². The Morgan fingerprint density at radius 1 is 1.31 bits per heavy atom. The third-order valence-corrected chi connectivity index (χ3v) is 3.24. The van der Waals surface area contributed by atoms with Crippen molar-refractivity contribution in [2.45, 2.75) is 33.2 Å². The molecule has 0 saturated heterocycles. The molecule has 76 valence electrons. The number of thioether (sulfide) groups is 1. The number of hydrogen-bond acceptors (Lipinski definition) is 2. The van der Waals surface area contributed by atoms with E-state index in [1.807, 2.05) is 25.7 Å². The molecule has 1 unspecified atom stereocenters. The molecule has 0 rings (SSSR count). The molecule has 1 nitrogen and oxygen atoms in total. The van der Waals surface area contributed by atoms with Crippen molar-refractivity contribution in [3.63, 3.8) is 0 Å². The molecule has 1 atom stereocenters. The SMILES string of the molecule is CC#CCC(CSCC(C)C)NC. The monoisotopic (exact) mass is 199 g/mol. The van der Waals surface area contributed by atoms with Crippen LogP contribution in [0.25, 0.3) is 0 Å². The summed E-state index contributed by atoms with van der Waals surface area (Å²) in [6.45, 7) is 6.41. The first kappa shape index (κ1) is 12.9. The van der Waals surface area contributed by atoms with Crippen LogP contribution in [0.15, 0.2) is 0 Å². The average Bonchev–Trinajstić information content (AvgIpc) is 2.10. The summed E-state index contributed by atoms with van der Waals surface area (Å²) >= 11 is 2.01. The van der Waals surface area contributed by atoms with E-state index in [1.54, 1.807) is 0 Å². The van der Waals surface area contributed by atoms with Gasteiger partial charge in [0.2, 0.25) is 0 Å². The zero-order valence-corrected chi connectivity index (χ0v) is 10.0. The van der Waals surface area contributed by atoms with Crippen molar-refractivity contribution in [2.24, 2.45) is 5.92 Å². The first-order valence-electron chi connectivity index (χ1n) is 4.85. The van der Waals surface area contributed by atoms with Crippen molar-refractivity contribution in [2.75, 3.05) is 18.6 Å². The minimum atomic E-state index is 0.552. The lowest BCUT2D eigenvalue weighted by Gasteiger charge is -2.13. The second kappa shape index (κ2) is 8.47.